The Morgan fingerprint density at radius 1 is 1.12 bits per heavy atom. The van der Waals surface area contributed by atoms with E-state index in [-0.39, 0.29) is 30.6 Å². The van der Waals surface area contributed by atoms with Gasteiger partial charge in [-0.3, -0.25) is 9.69 Å². The van der Waals surface area contributed by atoms with Crippen molar-refractivity contribution in [1.82, 2.24) is 14.9 Å². The summed E-state index contributed by atoms with van der Waals surface area (Å²) in [7, 11) is 1.56. The van der Waals surface area contributed by atoms with Crippen LogP contribution in [0.3, 0.4) is 0 Å². The molecule has 3 N–H and O–H groups in total. The number of benzene rings is 2. The zero-order valence-corrected chi connectivity index (χ0v) is 24.2. The lowest BCUT2D eigenvalue weighted by Crippen LogP contribution is -2.49. The van der Waals surface area contributed by atoms with Gasteiger partial charge in [0.2, 0.25) is 11.9 Å². The molecule has 0 spiro atoms. The molecule has 3 heterocycles. The average molecular weight is 584 g/mol. The van der Waals surface area contributed by atoms with Gasteiger partial charge < -0.3 is 25.6 Å². The van der Waals surface area contributed by atoms with E-state index in [9.17, 15) is 18.0 Å². The minimum atomic E-state index is -4.66. The third kappa shape index (κ3) is 6.23. The van der Waals surface area contributed by atoms with Crippen LogP contribution in [0.25, 0.3) is 0 Å². The molecule has 1 saturated heterocycles. The Morgan fingerprint density at radius 2 is 1.88 bits per heavy atom. The number of ether oxygens (including phenoxy) is 1. The second-order valence-electron chi connectivity index (χ2n) is 10.8. The second-order valence-corrected chi connectivity index (χ2v) is 10.8. The van der Waals surface area contributed by atoms with Crippen LogP contribution in [0.5, 0.6) is 5.75 Å². The first kappa shape index (κ1) is 29.4. The first-order valence-electron chi connectivity index (χ1n) is 14.1. The van der Waals surface area contributed by atoms with Gasteiger partial charge in [-0.1, -0.05) is 19.1 Å². The van der Waals surface area contributed by atoms with E-state index in [0.717, 1.165) is 55.6 Å². The van der Waals surface area contributed by atoms with E-state index in [0.29, 0.717) is 28.7 Å². The van der Waals surface area contributed by atoms with Gasteiger partial charge in [0.15, 0.2) is 0 Å². The van der Waals surface area contributed by atoms with Crippen molar-refractivity contribution in [2.24, 2.45) is 0 Å². The number of nitrogens with one attached hydrogen (secondary N) is 3. The van der Waals surface area contributed by atoms with E-state index in [2.05, 4.69) is 56.5 Å². The maximum absolute atomic E-state index is 13.9. The number of methoxy groups -OCH3 is 1. The highest BCUT2D eigenvalue weighted by molar-refractivity contribution is 5.99. The van der Waals surface area contributed by atoms with Crippen LogP contribution in [0.1, 0.15) is 43.0 Å². The number of rotatable bonds is 9. The Labute approximate surface area is 243 Å². The number of carbonyl (C=O) groups excluding carboxylic acids is 1. The Balaban J connectivity index is 1.40. The van der Waals surface area contributed by atoms with Crippen LogP contribution in [-0.2, 0) is 30.4 Å². The highest BCUT2D eigenvalue weighted by Gasteiger charge is 2.35. The van der Waals surface area contributed by atoms with Gasteiger partial charge >= 0.3 is 6.18 Å². The summed E-state index contributed by atoms with van der Waals surface area (Å²) in [5.41, 5.74) is 3.90. The molecule has 0 saturated carbocycles. The smallest absolute Gasteiger partial charge is 0.421 e. The first-order chi connectivity index (χ1) is 20.1. The van der Waals surface area contributed by atoms with E-state index >= 15 is 0 Å². The van der Waals surface area contributed by atoms with Gasteiger partial charge in [0.1, 0.15) is 17.1 Å². The van der Waals surface area contributed by atoms with Gasteiger partial charge in [-0.15, -0.1) is 0 Å². The third-order valence-electron chi connectivity index (χ3n) is 7.84. The van der Waals surface area contributed by atoms with E-state index in [1.54, 1.807) is 25.3 Å². The van der Waals surface area contributed by atoms with Crippen LogP contribution in [-0.4, -0.2) is 60.1 Å². The molecular formula is C30H36F3N7O2. The second kappa shape index (κ2) is 12.0. The molecule has 9 nitrogen and oxygen atoms in total. The van der Waals surface area contributed by atoms with Crippen LogP contribution >= 0.6 is 0 Å². The quantitative estimate of drug-likeness (QED) is 0.306. The van der Waals surface area contributed by atoms with Crippen molar-refractivity contribution in [3.8, 4) is 5.75 Å². The fourth-order valence-corrected chi connectivity index (χ4v) is 5.50. The molecule has 2 aliphatic heterocycles. The number of hydrogen-bond acceptors (Lipinski definition) is 8. The van der Waals surface area contributed by atoms with Gasteiger partial charge in [-0.05, 0) is 49.1 Å². The number of aromatic nitrogens is 2. The summed E-state index contributed by atoms with van der Waals surface area (Å²) in [6.07, 6.45) is -2.95. The van der Waals surface area contributed by atoms with E-state index in [4.69, 9.17) is 4.74 Å². The molecule has 2 aromatic carbocycles. The Hall–Kier alpha value is -4.06. The average Bonchev–Trinajstić information content (AvgIpc) is 3.36. The molecule has 224 valence electrons. The van der Waals surface area contributed by atoms with Crippen LogP contribution in [0.2, 0.25) is 0 Å². The van der Waals surface area contributed by atoms with Crippen LogP contribution < -0.4 is 25.6 Å². The summed E-state index contributed by atoms with van der Waals surface area (Å²) < 4.78 is 47.4. The summed E-state index contributed by atoms with van der Waals surface area (Å²) in [6, 6.07) is 9.73. The minimum Gasteiger partial charge on any atom is -0.494 e. The molecule has 1 fully saturated rings. The number of halogens is 3. The van der Waals surface area contributed by atoms with E-state index in [1.165, 1.54) is 0 Å². The van der Waals surface area contributed by atoms with Crippen molar-refractivity contribution < 1.29 is 22.7 Å². The normalized spacial score (nSPS) is 15.5. The maximum Gasteiger partial charge on any atom is 0.421 e. The molecule has 12 heteroatoms. The lowest BCUT2D eigenvalue weighted by Gasteiger charge is -2.39. The molecule has 1 amide bonds. The summed E-state index contributed by atoms with van der Waals surface area (Å²) >= 11 is 0. The molecule has 0 atom stereocenters. The van der Waals surface area contributed by atoms with Crippen molar-refractivity contribution in [3.63, 3.8) is 0 Å². The number of piperazine rings is 1. The molecule has 0 unspecified atom stereocenters. The minimum absolute atomic E-state index is 0.000661. The molecule has 42 heavy (non-hydrogen) atoms. The summed E-state index contributed by atoms with van der Waals surface area (Å²) in [6.45, 7) is 10.3. The Bertz CT molecular complexity index is 1450. The topological polar surface area (TPSA) is 94.6 Å². The third-order valence-corrected chi connectivity index (χ3v) is 7.84. The largest absolute Gasteiger partial charge is 0.494 e. The number of fused-ring (bicyclic) bond motifs is 1. The number of anilines is 5. The summed E-state index contributed by atoms with van der Waals surface area (Å²) in [5.74, 6) is 0.0400. The zero-order valence-electron chi connectivity index (χ0n) is 24.2. The molecular weight excluding hydrogens is 547 g/mol. The van der Waals surface area contributed by atoms with Gasteiger partial charge in [0.25, 0.3) is 0 Å². The fraction of sp³-hybridized carbons (Fsp3) is 0.433. The predicted molar refractivity (Wildman–Crippen MR) is 158 cm³/mol. The molecule has 3 aromatic rings. The molecule has 1 aromatic heterocycles. The van der Waals surface area contributed by atoms with Gasteiger partial charge in [-0.2, -0.15) is 18.2 Å². The zero-order chi connectivity index (χ0) is 30.0. The molecule has 2 aliphatic rings. The number of aryl methyl sites for hydroxylation is 1. The first-order valence-corrected chi connectivity index (χ1v) is 14.1. The van der Waals surface area contributed by atoms with Crippen LogP contribution in [0.4, 0.5) is 42.0 Å². The number of nitrogens with zero attached hydrogens (tertiary/aromatic N) is 4. The molecule has 0 aliphatic carbocycles. The summed E-state index contributed by atoms with van der Waals surface area (Å²) in [4.78, 5) is 24.9. The predicted octanol–water partition coefficient (Wildman–Crippen LogP) is 5.45. The Kier molecular flexibility index (Phi) is 8.44. The lowest BCUT2D eigenvalue weighted by atomic mass is 10.0. The SMILES string of the molecule is CCc1cc(Nc2ncc(C(F)(F)F)c(NCc3cccc4c3CC(=O)N4)n2)c(OC)cc1N1CCN(C(C)C)CC1. The van der Waals surface area contributed by atoms with Crippen LogP contribution in [0, 0.1) is 0 Å². The van der Waals surface area contributed by atoms with Crippen molar-refractivity contribution in [3.05, 3.63) is 58.8 Å². The van der Waals surface area contributed by atoms with Crippen LogP contribution in [0.15, 0.2) is 36.5 Å². The fourth-order valence-electron chi connectivity index (χ4n) is 5.50. The standard InChI is InChI=1S/C30H36F3N7O2/c1-5-19-13-24(26(42-4)15-25(19)40-11-9-39(10-12-40)18(2)3)37-29-35-17-22(30(31,32)33)28(38-29)34-16-20-7-6-8-23-21(20)14-27(41)36-23/h6-8,13,15,17-18H,5,9-12,14,16H2,1-4H3,(H,36,41)(H2,34,35,37,38). The van der Waals surface area contributed by atoms with Gasteiger partial charge in [0.05, 0.1) is 19.2 Å². The number of hydrogen-bond donors (Lipinski definition) is 3. The van der Waals surface area contributed by atoms with Crippen molar-refractivity contribution in [2.45, 2.75) is 52.4 Å². The highest BCUT2D eigenvalue weighted by atomic mass is 19.4. The van der Waals surface area contributed by atoms with Crippen molar-refractivity contribution >= 4 is 34.7 Å². The maximum atomic E-state index is 13.9. The molecule has 0 bridgehead atoms. The van der Waals surface area contributed by atoms with E-state index in [1.807, 2.05) is 12.1 Å². The number of amides is 1. The van der Waals surface area contributed by atoms with E-state index < -0.39 is 11.7 Å². The Morgan fingerprint density at radius 3 is 2.55 bits per heavy atom. The van der Waals surface area contributed by atoms with Crippen molar-refractivity contribution in [2.75, 3.05) is 54.1 Å². The number of alkyl halides is 3. The highest BCUT2D eigenvalue weighted by Crippen LogP contribution is 2.38. The number of carbonyl (C=O) groups is 1. The monoisotopic (exact) mass is 583 g/mol. The van der Waals surface area contributed by atoms with Crippen molar-refractivity contribution in [1.29, 1.82) is 0 Å². The van der Waals surface area contributed by atoms with Gasteiger partial charge in [0, 0.05) is 62.4 Å². The summed E-state index contributed by atoms with van der Waals surface area (Å²) in [5, 5.41) is 8.67. The van der Waals surface area contributed by atoms with Gasteiger partial charge in [-0.25, -0.2) is 4.98 Å². The molecule has 5 rings (SSSR count). The molecule has 0 radical (unpaired) electrons. The lowest BCUT2D eigenvalue weighted by molar-refractivity contribution is -0.137.